The Morgan fingerprint density at radius 1 is 1.17 bits per heavy atom. The SMILES string of the molecule is C=CCCCOC(=O)[C@H]1[C@H]2C(=O)N([C@@H](CO)Cc3ccccc3)C(C(=O)N(CC=C)C3CCCCC3)C23CC[C@]1(C)S3. The minimum Gasteiger partial charge on any atom is -0.465 e. The molecule has 2 unspecified atom stereocenters. The van der Waals surface area contributed by atoms with Gasteiger partial charge in [-0.25, -0.2) is 0 Å². The van der Waals surface area contributed by atoms with Crippen LogP contribution in [0.3, 0.4) is 0 Å². The first kappa shape index (κ1) is 30.9. The van der Waals surface area contributed by atoms with Gasteiger partial charge in [-0.05, 0) is 57.4 Å². The number of likely N-dealkylation sites (tertiary alicyclic amines) is 1. The second-order valence-corrected chi connectivity index (χ2v) is 14.6. The molecule has 1 saturated carbocycles. The highest BCUT2D eigenvalue weighted by molar-refractivity contribution is 8.02. The third-order valence-corrected chi connectivity index (χ3v) is 12.0. The van der Waals surface area contributed by atoms with E-state index in [1.54, 1.807) is 28.8 Å². The maximum absolute atomic E-state index is 14.9. The Balaban J connectivity index is 1.54. The molecule has 4 fully saturated rings. The molecule has 3 aliphatic heterocycles. The molecule has 2 amide bonds. The summed E-state index contributed by atoms with van der Waals surface area (Å²) in [7, 11) is 0. The molecule has 1 N–H and O–H groups in total. The molecule has 0 radical (unpaired) electrons. The van der Waals surface area contributed by atoms with Crippen LogP contribution in [0.2, 0.25) is 0 Å². The maximum atomic E-state index is 14.9. The Hall–Kier alpha value is -2.58. The van der Waals surface area contributed by atoms with Crippen molar-refractivity contribution in [2.24, 2.45) is 11.8 Å². The van der Waals surface area contributed by atoms with Crippen molar-refractivity contribution in [3.63, 3.8) is 0 Å². The van der Waals surface area contributed by atoms with Gasteiger partial charge in [-0.3, -0.25) is 14.4 Å². The van der Waals surface area contributed by atoms with E-state index in [1.807, 2.05) is 35.2 Å². The summed E-state index contributed by atoms with van der Waals surface area (Å²) in [6.07, 6.45) is 12.0. The van der Waals surface area contributed by atoms with Crippen molar-refractivity contribution in [1.82, 2.24) is 9.80 Å². The number of hydrogen-bond donors (Lipinski definition) is 1. The minimum atomic E-state index is -0.761. The van der Waals surface area contributed by atoms with Crippen LogP contribution in [0.15, 0.2) is 55.6 Å². The zero-order chi connectivity index (χ0) is 29.9. The van der Waals surface area contributed by atoms with Gasteiger partial charge in [0.25, 0.3) is 0 Å². The molecule has 0 aromatic heterocycles. The van der Waals surface area contributed by atoms with Crippen molar-refractivity contribution in [3.05, 3.63) is 61.2 Å². The Morgan fingerprint density at radius 2 is 1.90 bits per heavy atom. The van der Waals surface area contributed by atoms with Gasteiger partial charge in [0, 0.05) is 17.3 Å². The van der Waals surface area contributed by atoms with Crippen molar-refractivity contribution in [2.75, 3.05) is 19.8 Å². The number of rotatable bonds is 13. The van der Waals surface area contributed by atoms with Gasteiger partial charge in [0.15, 0.2) is 0 Å². The summed E-state index contributed by atoms with van der Waals surface area (Å²) in [4.78, 5) is 46.9. The van der Waals surface area contributed by atoms with Gasteiger partial charge in [-0.1, -0.05) is 61.7 Å². The summed E-state index contributed by atoms with van der Waals surface area (Å²) in [6.45, 7) is 10.2. The Bertz CT molecular complexity index is 1170. The van der Waals surface area contributed by atoms with E-state index in [-0.39, 0.29) is 37.0 Å². The van der Waals surface area contributed by atoms with Crippen molar-refractivity contribution >= 4 is 29.5 Å². The van der Waals surface area contributed by atoms with Crippen LogP contribution >= 0.6 is 11.8 Å². The molecule has 1 aromatic rings. The van der Waals surface area contributed by atoms with Crippen molar-refractivity contribution in [1.29, 1.82) is 0 Å². The van der Waals surface area contributed by atoms with Crippen LogP contribution in [0.4, 0.5) is 0 Å². The van der Waals surface area contributed by atoms with E-state index in [9.17, 15) is 19.5 Å². The van der Waals surface area contributed by atoms with E-state index in [2.05, 4.69) is 20.1 Å². The number of aliphatic hydroxyl groups is 1. The van der Waals surface area contributed by atoms with Gasteiger partial charge >= 0.3 is 5.97 Å². The normalized spacial score (nSPS) is 31.0. The van der Waals surface area contributed by atoms with Crippen LogP contribution in [0, 0.1) is 11.8 Å². The molecule has 1 aromatic carbocycles. The number of amides is 2. The smallest absolute Gasteiger partial charge is 0.311 e. The van der Waals surface area contributed by atoms with Crippen molar-refractivity contribution in [3.8, 4) is 0 Å². The predicted molar refractivity (Wildman–Crippen MR) is 166 cm³/mol. The van der Waals surface area contributed by atoms with Crippen LogP contribution < -0.4 is 0 Å². The second-order valence-electron chi connectivity index (χ2n) is 12.7. The Labute approximate surface area is 254 Å². The number of thioether (sulfide) groups is 1. The number of unbranched alkanes of at least 4 members (excludes halogenated alkanes) is 1. The van der Waals surface area contributed by atoms with Crippen LogP contribution in [0.1, 0.15) is 70.3 Å². The van der Waals surface area contributed by atoms with Gasteiger partial charge in [0.2, 0.25) is 11.8 Å². The highest BCUT2D eigenvalue weighted by atomic mass is 32.2. The number of carbonyl (C=O) groups is 3. The van der Waals surface area contributed by atoms with E-state index in [1.165, 1.54) is 6.42 Å². The predicted octanol–water partition coefficient (Wildman–Crippen LogP) is 4.93. The molecule has 3 heterocycles. The molecule has 7 nitrogen and oxygen atoms in total. The quantitative estimate of drug-likeness (QED) is 0.198. The number of aliphatic hydroxyl groups excluding tert-OH is 1. The van der Waals surface area contributed by atoms with Gasteiger partial charge in [-0.15, -0.1) is 24.9 Å². The lowest BCUT2D eigenvalue weighted by Gasteiger charge is -2.42. The highest BCUT2D eigenvalue weighted by Gasteiger charge is 2.78. The number of benzene rings is 1. The van der Waals surface area contributed by atoms with Gasteiger partial charge in [0.05, 0.1) is 35.8 Å². The number of nitrogens with zero attached hydrogens (tertiary/aromatic N) is 2. The average Bonchev–Trinajstić information content (AvgIpc) is 3.58. The summed E-state index contributed by atoms with van der Waals surface area (Å²) >= 11 is 1.66. The van der Waals surface area contributed by atoms with Crippen molar-refractivity contribution < 1.29 is 24.2 Å². The van der Waals surface area contributed by atoms with E-state index in [0.29, 0.717) is 25.8 Å². The summed E-state index contributed by atoms with van der Waals surface area (Å²) in [5, 5.41) is 10.7. The molecular formula is C34H46N2O5S. The highest BCUT2D eigenvalue weighted by Crippen LogP contribution is 2.72. The van der Waals surface area contributed by atoms with E-state index < -0.39 is 33.4 Å². The summed E-state index contributed by atoms with van der Waals surface area (Å²) in [6, 6.07) is 8.54. The lowest BCUT2D eigenvalue weighted by molar-refractivity contribution is -0.156. The monoisotopic (exact) mass is 594 g/mol. The fourth-order valence-electron chi connectivity index (χ4n) is 8.13. The van der Waals surface area contributed by atoms with Crippen LogP contribution in [-0.4, -0.2) is 80.1 Å². The molecule has 228 valence electrons. The van der Waals surface area contributed by atoms with Gasteiger partial charge in [0.1, 0.15) is 6.04 Å². The summed E-state index contributed by atoms with van der Waals surface area (Å²) < 4.78 is 4.54. The maximum Gasteiger partial charge on any atom is 0.311 e. The number of carbonyl (C=O) groups excluding carboxylic acids is 3. The third kappa shape index (κ3) is 5.45. The standard InChI is InChI=1S/C34H46N2O5S/c1-4-6-13-21-41-32(40)28-27-30(38)36(26(23-37)22-24-14-9-7-10-15-24)29(34(27)19-18-33(28,3)42-34)31(39)35(20-5-2)25-16-11-8-12-17-25/h4-5,7,9-10,14-15,25-29,37H,1-2,6,8,11-13,16-23H2,3H3/t26-,27+,28-,29?,33+,34?/m1/s1. The zero-order valence-electron chi connectivity index (χ0n) is 24.9. The van der Waals surface area contributed by atoms with Gasteiger partial charge in [-0.2, -0.15) is 0 Å². The van der Waals surface area contributed by atoms with Gasteiger partial charge < -0.3 is 19.6 Å². The topological polar surface area (TPSA) is 87.1 Å². The molecule has 5 rings (SSSR count). The minimum absolute atomic E-state index is 0.0686. The molecule has 6 atom stereocenters. The second kappa shape index (κ2) is 13.0. The van der Waals surface area contributed by atoms with E-state index in [0.717, 1.165) is 44.1 Å². The largest absolute Gasteiger partial charge is 0.465 e. The summed E-state index contributed by atoms with van der Waals surface area (Å²) in [5.41, 5.74) is 0.988. The van der Waals surface area contributed by atoms with Crippen LogP contribution in [0.5, 0.6) is 0 Å². The molecule has 2 bridgehead atoms. The van der Waals surface area contributed by atoms with Crippen LogP contribution in [-0.2, 0) is 25.5 Å². The molecular weight excluding hydrogens is 548 g/mol. The lowest BCUT2D eigenvalue weighted by atomic mass is 9.66. The zero-order valence-corrected chi connectivity index (χ0v) is 25.7. The van der Waals surface area contributed by atoms with E-state index in [4.69, 9.17) is 4.74 Å². The Morgan fingerprint density at radius 3 is 2.57 bits per heavy atom. The number of fused-ring (bicyclic) bond motifs is 1. The molecule has 1 aliphatic carbocycles. The molecule has 1 spiro atoms. The first-order valence-electron chi connectivity index (χ1n) is 15.7. The fraction of sp³-hybridized carbons (Fsp3) is 0.618. The average molecular weight is 595 g/mol. The van der Waals surface area contributed by atoms with Crippen molar-refractivity contribution in [2.45, 2.75) is 98.8 Å². The summed E-state index contributed by atoms with van der Waals surface area (Å²) in [5.74, 6) is -1.91. The lowest BCUT2D eigenvalue weighted by Crippen LogP contribution is -2.59. The number of hydrogen-bond acceptors (Lipinski definition) is 6. The number of allylic oxidation sites excluding steroid dienone is 1. The molecule has 8 heteroatoms. The fourth-order valence-corrected chi connectivity index (χ4v) is 10.5. The molecule has 42 heavy (non-hydrogen) atoms. The first-order valence-corrected chi connectivity index (χ1v) is 16.5. The molecule has 3 saturated heterocycles. The van der Waals surface area contributed by atoms with Crippen LogP contribution in [0.25, 0.3) is 0 Å². The Kier molecular flexibility index (Phi) is 9.53. The first-order chi connectivity index (χ1) is 20.3. The van der Waals surface area contributed by atoms with E-state index >= 15 is 0 Å². The number of esters is 1. The number of ether oxygens (including phenoxy) is 1. The third-order valence-electron chi connectivity index (χ3n) is 10.0. The molecule has 4 aliphatic rings.